The molecule has 0 spiro atoms. The molecule has 0 bridgehead atoms. The molecule has 3 rings (SSSR count). The predicted molar refractivity (Wildman–Crippen MR) is 81.6 cm³/mol. The van der Waals surface area contributed by atoms with Crippen LogP contribution in [0.4, 0.5) is 5.82 Å². The number of nitrogens with one attached hydrogen (secondary N) is 1. The quantitative estimate of drug-likeness (QED) is 0.927. The Labute approximate surface area is 125 Å². The van der Waals surface area contributed by atoms with E-state index in [0.717, 1.165) is 42.9 Å². The second-order valence-corrected chi connectivity index (χ2v) is 5.82. The Morgan fingerprint density at radius 1 is 1.48 bits per heavy atom. The maximum Gasteiger partial charge on any atom is 0.254 e. The van der Waals surface area contributed by atoms with Crippen molar-refractivity contribution >= 4 is 11.7 Å². The monoisotopic (exact) mass is 289 g/mol. The molecule has 2 heterocycles. The number of anilines is 1. The Morgan fingerprint density at radius 3 is 3.14 bits per heavy atom. The minimum Gasteiger partial charge on any atom is -0.374 e. The van der Waals surface area contributed by atoms with Crippen LogP contribution < -0.4 is 5.32 Å². The van der Waals surface area contributed by atoms with Gasteiger partial charge in [0.1, 0.15) is 5.82 Å². The number of fused-ring (bicyclic) bond motifs is 1. The summed E-state index contributed by atoms with van der Waals surface area (Å²) in [7, 11) is 0. The Balaban J connectivity index is 1.84. The number of aromatic nitrogens is 1. The fraction of sp³-hybridized carbons (Fsp3) is 0.625. The number of hydrogen-bond acceptors (Lipinski definition) is 4. The van der Waals surface area contributed by atoms with E-state index in [2.05, 4.69) is 10.3 Å². The lowest BCUT2D eigenvalue weighted by molar-refractivity contribution is -0.0445. The topological polar surface area (TPSA) is 54.5 Å². The zero-order valence-corrected chi connectivity index (χ0v) is 12.8. The molecule has 5 nitrogen and oxygen atoms in total. The van der Waals surface area contributed by atoms with Crippen LogP contribution in [0.5, 0.6) is 0 Å². The molecule has 1 aromatic rings. The average Bonchev–Trinajstić information content (AvgIpc) is 2.94. The van der Waals surface area contributed by atoms with Gasteiger partial charge >= 0.3 is 0 Å². The molecule has 1 amide bonds. The zero-order chi connectivity index (χ0) is 14.8. The number of rotatable bonds is 3. The third kappa shape index (κ3) is 2.88. The number of aryl methyl sites for hydroxylation is 1. The fourth-order valence-corrected chi connectivity index (χ4v) is 3.41. The third-order valence-corrected chi connectivity index (χ3v) is 4.30. The second-order valence-electron chi connectivity index (χ2n) is 5.82. The summed E-state index contributed by atoms with van der Waals surface area (Å²) in [5, 5.41) is 3.19. The van der Waals surface area contributed by atoms with Gasteiger partial charge in [0.2, 0.25) is 0 Å². The lowest BCUT2D eigenvalue weighted by Crippen LogP contribution is -2.51. The van der Waals surface area contributed by atoms with Gasteiger partial charge < -0.3 is 15.0 Å². The van der Waals surface area contributed by atoms with Crippen molar-refractivity contribution in [3.05, 3.63) is 23.4 Å². The highest BCUT2D eigenvalue weighted by Crippen LogP contribution is 2.30. The number of amides is 1. The standard InChI is InChI=1S/C16H23N3O2/c1-3-17-15-10-12(9-11(2)18-15)16(20)19-7-8-21-14-6-4-5-13(14)19/h9-10,13-14H,3-8H2,1-2H3,(H,17,18). The van der Waals surface area contributed by atoms with Gasteiger partial charge in [-0.3, -0.25) is 4.79 Å². The van der Waals surface area contributed by atoms with Gasteiger partial charge in [0.25, 0.3) is 5.91 Å². The molecule has 2 fully saturated rings. The van der Waals surface area contributed by atoms with E-state index in [9.17, 15) is 4.79 Å². The highest BCUT2D eigenvalue weighted by Gasteiger charge is 2.38. The maximum absolute atomic E-state index is 12.9. The van der Waals surface area contributed by atoms with Crippen molar-refractivity contribution in [3.8, 4) is 0 Å². The number of carbonyl (C=O) groups excluding carboxylic acids is 1. The van der Waals surface area contributed by atoms with Gasteiger partial charge in [-0.15, -0.1) is 0 Å². The van der Waals surface area contributed by atoms with E-state index in [4.69, 9.17) is 4.74 Å². The molecule has 0 radical (unpaired) electrons. The average molecular weight is 289 g/mol. The van der Waals surface area contributed by atoms with E-state index in [1.807, 2.05) is 30.9 Å². The van der Waals surface area contributed by atoms with Crippen molar-refractivity contribution in [2.45, 2.75) is 45.3 Å². The number of ether oxygens (including phenoxy) is 1. The molecular formula is C16H23N3O2. The molecule has 1 aliphatic carbocycles. The molecule has 1 saturated carbocycles. The summed E-state index contributed by atoms with van der Waals surface area (Å²) >= 11 is 0. The van der Waals surface area contributed by atoms with Gasteiger partial charge in [0.05, 0.1) is 18.8 Å². The highest BCUT2D eigenvalue weighted by atomic mass is 16.5. The third-order valence-electron chi connectivity index (χ3n) is 4.30. The normalized spacial score (nSPS) is 24.8. The summed E-state index contributed by atoms with van der Waals surface area (Å²) in [6.45, 7) is 6.09. The van der Waals surface area contributed by atoms with Gasteiger partial charge in [-0.25, -0.2) is 4.98 Å². The molecule has 2 atom stereocenters. The lowest BCUT2D eigenvalue weighted by Gasteiger charge is -2.37. The van der Waals surface area contributed by atoms with Crippen molar-refractivity contribution in [1.82, 2.24) is 9.88 Å². The molecule has 1 aliphatic heterocycles. The van der Waals surface area contributed by atoms with Gasteiger partial charge in [0.15, 0.2) is 0 Å². The Hall–Kier alpha value is -1.62. The molecule has 2 unspecified atom stereocenters. The Bertz CT molecular complexity index is 532. The first-order chi connectivity index (χ1) is 10.2. The van der Waals surface area contributed by atoms with Crippen LogP contribution in [0.3, 0.4) is 0 Å². The van der Waals surface area contributed by atoms with E-state index in [1.54, 1.807) is 0 Å². The fourth-order valence-electron chi connectivity index (χ4n) is 3.41. The lowest BCUT2D eigenvalue weighted by atomic mass is 10.1. The number of carbonyl (C=O) groups is 1. The largest absolute Gasteiger partial charge is 0.374 e. The van der Waals surface area contributed by atoms with Gasteiger partial charge in [0, 0.05) is 24.3 Å². The Morgan fingerprint density at radius 2 is 2.33 bits per heavy atom. The number of morpholine rings is 1. The SMILES string of the molecule is CCNc1cc(C(=O)N2CCOC3CCCC32)cc(C)n1. The minimum atomic E-state index is 0.111. The molecule has 1 aromatic heterocycles. The molecular weight excluding hydrogens is 266 g/mol. The van der Waals surface area contributed by atoms with Crippen molar-refractivity contribution in [3.63, 3.8) is 0 Å². The van der Waals surface area contributed by atoms with E-state index in [1.165, 1.54) is 0 Å². The van der Waals surface area contributed by atoms with Gasteiger partial charge in [-0.1, -0.05) is 0 Å². The first kappa shape index (κ1) is 14.3. The molecule has 1 saturated heterocycles. The predicted octanol–water partition coefficient (Wildman–Crippen LogP) is 2.22. The Kier molecular flexibility index (Phi) is 4.10. The summed E-state index contributed by atoms with van der Waals surface area (Å²) in [5.74, 6) is 0.886. The van der Waals surface area contributed by atoms with E-state index >= 15 is 0 Å². The molecule has 0 aromatic carbocycles. The smallest absolute Gasteiger partial charge is 0.254 e. The van der Waals surface area contributed by atoms with Crippen LogP contribution in [0.1, 0.15) is 42.2 Å². The minimum absolute atomic E-state index is 0.111. The van der Waals surface area contributed by atoms with Crippen molar-refractivity contribution < 1.29 is 9.53 Å². The first-order valence-corrected chi connectivity index (χ1v) is 7.84. The summed E-state index contributed by atoms with van der Waals surface area (Å²) in [5.41, 5.74) is 1.60. The molecule has 1 N–H and O–H groups in total. The van der Waals surface area contributed by atoms with E-state index < -0.39 is 0 Å². The highest BCUT2D eigenvalue weighted by molar-refractivity contribution is 5.95. The van der Waals surface area contributed by atoms with E-state index in [-0.39, 0.29) is 18.1 Å². The van der Waals surface area contributed by atoms with Crippen molar-refractivity contribution in [2.24, 2.45) is 0 Å². The summed E-state index contributed by atoms with van der Waals surface area (Å²) < 4.78 is 5.79. The molecule has 2 aliphatic rings. The second kappa shape index (κ2) is 6.02. The molecule has 5 heteroatoms. The van der Waals surface area contributed by atoms with Gasteiger partial charge in [-0.05, 0) is 45.2 Å². The van der Waals surface area contributed by atoms with Crippen molar-refractivity contribution in [1.29, 1.82) is 0 Å². The molecule has 21 heavy (non-hydrogen) atoms. The van der Waals surface area contributed by atoms with Crippen LogP contribution in [0, 0.1) is 6.92 Å². The summed E-state index contributed by atoms with van der Waals surface area (Å²) in [4.78, 5) is 19.3. The van der Waals surface area contributed by atoms with Crippen LogP contribution >= 0.6 is 0 Å². The van der Waals surface area contributed by atoms with Gasteiger partial charge in [-0.2, -0.15) is 0 Å². The van der Waals surface area contributed by atoms with Crippen LogP contribution in [-0.2, 0) is 4.74 Å². The van der Waals surface area contributed by atoms with Crippen LogP contribution in [0.25, 0.3) is 0 Å². The number of nitrogens with zero attached hydrogens (tertiary/aromatic N) is 2. The van der Waals surface area contributed by atoms with Crippen molar-refractivity contribution in [2.75, 3.05) is 25.0 Å². The number of hydrogen-bond donors (Lipinski definition) is 1. The number of pyridine rings is 1. The first-order valence-electron chi connectivity index (χ1n) is 7.84. The van der Waals surface area contributed by atoms with E-state index in [0.29, 0.717) is 13.2 Å². The van der Waals surface area contributed by atoms with Crippen LogP contribution in [0.2, 0.25) is 0 Å². The van der Waals surface area contributed by atoms with Crippen LogP contribution in [-0.4, -0.2) is 47.6 Å². The zero-order valence-electron chi connectivity index (χ0n) is 12.8. The summed E-state index contributed by atoms with van der Waals surface area (Å²) in [6.07, 6.45) is 3.52. The van der Waals surface area contributed by atoms with Crippen LogP contribution in [0.15, 0.2) is 12.1 Å². The maximum atomic E-state index is 12.9. The molecule has 114 valence electrons. The summed E-state index contributed by atoms with van der Waals surface area (Å²) in [6, 6.07) is 3.99.